The lowest BCUT2D eigenvalue weighted by atomic mass is 9.76. The first kappa shape index (κ1) is 14.6. The summed E-state index contributed by atoms with van der Waals surface area (Å²) in [4.78, 5) is 0. The van der Waals surface area contributed by atoms with Gasteiger partial charge >= 0.3 is 0 Å². The molecule has 2 aromatic rings. The summed E-state index contributed by atoms with van der Waals surface area (Å²) in [5.74, 6) is 0.398. The Labute approximate surface area is 133 Å². The summed E-state index contributed by atoms with van der Waals surface area (Å²) in [6.07, 6.45) is 2.22. The summed E-state index contributed by atoms with van der Waals surface area (Å²) in [6.45, 7) is 4.23. The van der Waals surface area contributed by atoms with Gasteiger partial charge in [0, 0.05) is 16.2 Å². The normalized spacial score (nSPS) is 21.0. The Bertz CT molecular complexity index is 622. The second-order valence-electron chi connectivity index (χ2n) is 5.99. The van der Waals surface area contributed by atoms with Crippen molar-refractivity contribution >= 4 is 21.6 Å². The minimum Gasteiger partial charge on any atom is -0.382 e. The van der Waals surface area contributed by atoms with E-state index in [1.165, 1.54) is 26.9 Å². The van der Waals surface area contributed by atoms with E-state index in [1.807, 2.05) is 12.1 Å². The molecule has 0 amide bonds. The second-order valence-corrected chi connectivity index (χ2v) is 6.78. The van der Waals surface area contributed by atoms with Crippen LogP contribution >= 0.6 is 15.9 Å². The monoisotopic (exact) mass is 347 g/mol. The maximum Gasteiger partial charge on any atom is 0.123 e. The highest BCUT2D eigenvalue weighted by atomic mass is 79.9. The van der Waals surface area contributed by atoms with E-state index in [2.05, 4.69) is 47.2 Å². The van der Waals surface area contributed by atoms with Crippen molar-refractivity contribution in [3.05, 3.63) is 63.4 Å². The van der Waals surface area contributed by atoms with Gasteiger partial charge in [-0.05, 0) is 73.6 Å². The molecule has 110 valence electrons. The Morgan fingerprint density at radius 1 is 1.05 bits per heavy atom. The molecule has 3 heteroatoms. The summed E-state index contributed by atoms with van der Waals surface area (Å²) in [7, 11) is 0. The maximum atomic E-state index is 12.9. The number of hydrogen-bond donors (Lipinski definition) is 1. The zero-order valence-electron chi connectivity index (χ0n) is 12.3. The Kier molecular flexibility index (Phi) is 4.03. The molecule has 0 heterocycles. The van der Waals surface area contributed by atoms with Gasteiger partial charge in [0.15, 0.2) is 0 Å². The zero-order valence-corrected chi connectivity index (χ0v) is 13.9. The molecule has 21 heavy (non-hydrogen) atoms. The summed E-state index contributed by atoms with van der Waals surface area (Å²) in [5.41, 5.74) is 4.95. The summed E-state index contributed by atoms with van der Waals surface area (Å²) < 4.78 is 14.1. The number of rotatable bonds is 3. The van der Waals surface area contributed by atoms with Gasteiger partial charge in [-0.1, -0.05) is 28.1 Å². The number of hydrogen-bond acceptors (Lipinski definition) is 1. The topological polar surface area (TPSA) is 12.0 Å². The molecule has 0 atom stereocenters. The third-order valence-electron chi connectivity index (χ3n) is 4.29. The van der Waals surface area contributed by atoms with Gasteiger partial charge in [0.1, 0.15) is 5.82 Å². The van der Waals surface area contributed by atoms with E-state index in [0.717, 1.165) is 12.8 Å². The van der Waals surface area contributed by atoms with Crippen LogP contribution in [0, 0.1) is 19.7 Å². The molecule has 1 aliphatic carbocycles. The molecule has 1 N–H and O–H groups in total. The van der Waals surface area contributed by atoms with Crippen LogP contribution in [0.5, 0.6) is 0 Å². The van der Waals surface area contributed by atoms with Crippen LogP contribution in [0.1, 0.15) is 35.4 Å². The molecule has 0 aromatic heterocycles. The quantitative estimate of drug-likeness (QED) is 0.765. The van der Waals surface area contributed by atoms with Crippen LogP contribution in [-0.2, 0) is 0 Å². The SMILES string of the molecule is Cc1cc(NC2CC(c3ccc(F)cc3)C2)cc(C)c1Br. The lowest BCUT2D eigenvalue weighted by Gasteiger charge is -2.37. The van der Waals surface area contributed by atoms with Crippen LogP contribution in [0.3, 0.4) is 0 Å². The van der Waals surface area contributed by atoms with Gasteiger partial charge < -0.3 is 5.32 Å². The molecule has 0 aliphatic heterocycles. The number of aryl methyl sites for hydroxylation is 2. The van der Waals surface area contributed by atoms with Gasteiger partial charge in [-0.15, -0.1) is 0 Å². The van der Waals surface area contributed by atoms with Crippen molar-refractivity contribution in [3.63, 3.8) is 0 Å². The summed E-state index contributed by atoms with van der Waals surface area (Å²) in [6, 6.07) is 11.8. The fourth-order valence-electron chi connectivity index (χ4n) is 3.01. The number of benzene rings is 2. The third kappa shape index (κ3) is 3.13. The van der Waals surface area contributed by atoms with Crippen LogP contribution in [0.15, 0.2) is 40.9 Å². The van der Waals surface area contributed by atoms with E-state index in [9.17, 15) is 4.39 Å². The molecular weight excluding hydrogens is 329 g/mol. The average Bonchev–Trinajstić information content (AvgIpc) is 2.41. The van der Waals surface area contributed by atoms with Gasteiger partial charge in [0.2, 0.25) is 0 Å². The van der Waals surface area contributed by atoms with Crippen LogP contribution in [0.25, 0.3) is 0 Å². The van der Waals surface area contributed by atoms with Gasteiger partial charge in [0.25, 0.3) is 0 Å². The summed E-state index contributed by atoms with van der Waals surface area (Å²) >= 11 is 3.60. The van der Waals surface area contributed by atoms with Crippen molar-refractivity contribution in [1.29, 1.82) is 0 Å². The molecule has 0 radical (unpaired) electrons. The Balaban J connectivity index is 1.61. The van der Waals surface area contributed by atoms with Crippen LogP contribution < -0.4 is 5.32 Å². The predicted octanol–water partition coefficient (Wildman–Crippen LogP) is 5.56. The van der Waals surface area contributed by atoms with Gasteiger partial charge in [-0.3, -0.25) is 0 Å². The zero-order chi connectivity index (χ0) is 15.0. The molecule has 1 aliphatic rings. The van der Waals surface area contributed by atoms with E-state index in [4.69, 9.17) is 0 Å². The standard InChI is InChI=1S/C18H19BrFN/c1-11-7-16(8-12(2)18(11)19)21-17-9-14(10-17)13-3-5-15(20)6-4-13/h3-8,14,17,21H,9-10H2,1-2H3. The maximum absolute atomic E-state index is 12.9. The summed E-state index contributed by atoms with van der Waals surface area (Å²) in [5, 5.41) is 3.60. The Hall–Kier alpha value is -1.35. The lowest BCUT2D eigenvalue weighted by molar-refractivity contribution is 0.374. The molecule has 0 bridgehead atoms. The molecular formula is C18H19BrFN. The van der Waals surface area contributed by atoms with Crippen molar-refractivity contribution in [2.24, 2.45) is 0 Å². The predicted molar refractivity (Wildman–Crippen MR) is 89.4 cm³/mol. The molecule has 1 nitrogen and oxygen atoms in total. The van der Waals surface area contributed by atoms with Crippen molar-refractivity contribution in [2.75, 3.05) is 5.32 Å². The third-order valence-corrected chi connectivity index (χ3v) is 5.54. The molecule has 0 unspecified atom stereocenters. The van der Waals surface area contributed by atoms with Crippen LogP contribution in [-0.4, -0.2) is 6.04 Å². The minimum atomic E-state index is -0.159. The van der Waals surface area contributed by atoms with Gasteiger partial charge in [-0.25, -0.2) is 4.39 Å². The van der Waals surface area contributed by atoms with Crippen LogP contribution in [0.2, 0.25) is 0 Å². The van der Waals surface area contributed by atoms with Crippen molar-refractivity contribution in [1.82, 2.24) is 0 Å². The van der Waals surface area contributed by atoms with E-state index in [0.29, 0.717) is 12.0 Å². The van der Waals surface area contributed by atoms with E-state index < -0.39 is 0 Å². The molecule has 2 aromatic carbocycles. The first-order valence-corrected chi connectivity index (χ1v) is 8.11. The van der Waals surface area contributed by atoms with Gasteiger partial charge in [-0.2, -0.15) is 0 Å². The average molecular weight is 348 g/mol. The number of halogens is 2. The van der Waals surface area contributed by atoms with Gasteiger partial charge in [0.05, 0.1) is 0 Å². The number of anilines is 1. The minimum absolute atomic E-state index is 0.159. The first-order valence-electron chi connectivity index (χ1n) is 7.31. The molecule has 1 saturated carbocycles. The van der Waals surface area contributed by atoms with Crippen molar-refractivity contribution in [2.45, 2.75) is 38.6 Å². The fourth-order valence-corrected chi connectivity index (χ4v) is 3.24. The van der Waals surface area contributed by atoms with E-state index in [-0.39, 0.29) is 5.82 Å². The molecule has 3 rings (SSSR count). The largest absolute Gasteiger partial charge is 0.382 e. The van der Waals surface area contributed by atoms with E-state index in [1.54, 1.807) is 12.1 Å². The van der Waals surface area contributed by atoms with E-state index >= 15 is 0 Å². The highest BCUT2D eigenvalue weighted by molar-refractivity contribution is 9.10. The lowest BCUT2D eigenvalue weighted by Crippen LogP contribution is -2.34. The molecule has 0 spiro atoms. The molecule has 1 fully saturated rings. The number of nitrogens with one attached hydrogen (secondary N) is 1. The second kappa shape index (κ2) is 5.80. The molecule has 0 saturated heterocycles. The first-order chi connectivity index (χ1) is 10.0. The smallest absolute Gasteiger partial charge is 0.123 e. The van der Waals surface area contributed by atoms with Crippen molar-refractivity contribution in [3.8, 4) is 0 Å². The Morgan fingerprint density at radius 3 is 2.19 bits per heavy atom. The highest BCUT2D eigenvalue weighted by Gasteiger charge is 2.30. The van der Waals surface area contributed by atoms with Crippen LogP contribution in [0.4, 0.5) is 10.1 Å². The highest BCUT2D eigenvalue weighted by Crippen LogP contribution is 2.39. The van der Waals surface area contributed by atoms with Crippen molar-refractivity contribution < 1.29 is 4.39 Å². The Morgan fingerprint density at radius 2 is 1.62 bits per heavy atom. The fraction of sp³-hybridized carbons (Fsp3) is 0.333.